The van der Waals surface area contributed by atoms with Crippen molar-refractivity contribution in [3.63, 3.8) is 0 Å². The van der Waals surface area contributed by atoms with E-state index < -0.39 is 22.2 Å². The Morgan fingerprint density at radius 2 is 1.67 bits per heavy atom. The summed E-state index contributed by atoms with van der Waals surface area (Å²) < 4.78 is 45.1. The summed E-state index contributed by atoms with van der Waals surface area (Å²) >= 11 is -2.89. The van der Waals surface area contributed by atoms with Crippen LogP contribution in [0.15, 0.2) is 91.1 Å². The summed E-state index contributed by atoms with van der Waals surface area (Å²) in [4.78, 5) is 4.11. The number of aryl methyl sites for hydroxylation is 1. The number of alkyl halides is 1. The highest BCUT2D eigenvalue weighted by Crippen LogP contribution is 2.44. The summed E-state index contributed by atoms with van der Waals surface area (Å²) in [5, 5.41) is -1.05. The normalized spacial score (nSPS) is 15.3. The number of nitrogens with zero attached hydrogens (tertiary/aromatic N) is 1. The van der Waals surface area contributed by atoms with E-state index in [4.69, 9.17) is 4.74 Å². The van der Waals surface area contributed by atoms with E-state index >= 15 is 4.39 Å². The third-order valence-electron chi connectivity index (χ3n) is 4.99. The fraction of sp³-hybridized carbons (Fsp3) is 0.125. The van der Waals surface area contributed by atoms with Gasteiger partial charge in [0.2, 0.25) is 17.0 Å². The zero-order valence-corrected chi connectivity index (χ0v) is 17.1. The fourth-order valence-corrected chi connectivity index (χ4v) is 4.08. The van der Waals surface area contributed by atoms with Crippen LogP contribution in [0.2, 0.25) is 0 Å². The monoisotopic (exact) mass is 421 g/mol. The van der Waals surface area contributed by atoms with Crippen molar-refractivity contribution in [1.29, 1.82) is 0 Å². The number of pyridine rings is 1. The molecular formula is C24H20FNO3S. The summed E-state index contributed by atoms with van der Waals surface area (Å²) in [5.41, 5.74) is 1.48. The molecule has 0 amide bonds. The Hall–Kier alpha value is -3.09. The predicted octanol–water partition coefficient (Wildman–Crippen LogP) is 5.71. The Bertz CT molecular complexity index is 1180. The number of halogens is 1. The van der Waals surface area contributed by atoms with Gasteiger partial charge in [0.25, 0.3) is 5.00 Å². The summed E-state index contributed by atoms with van der Waals surface area (Å²) in [6, 6.07) is 24.3. The van der Waals surface area contributed by atoms with Crippen LogP contribution >= 0.6 is 0 Å². The van der Waals surface area contributed by atoms with Crippen molar-refractivity contribution >= 4 is 21.9 Å². The van der Waals surface area contributed by atoms with Crippen LogP contribution in [0.1, 0.15) is 22.8 Å². The summed E-state index contributed by atoms with van der Waals surface area (Å²) in [6.45, 7) is 1.91. The Morgan fingerprint density at radius 1 is 0.967 bits per heavy atom. The number of rotatable bonds is 6. The third-order valence-corrected chi connectivity index (χ3v) is 5.95. The van der Waals surface area contributed by atoms with Crippen LogP contribution in [0.25, 0.3) is 10.8 Å². The molecule has 4 aromatic rings. The number of fused-ring (bicyclic) bond motifs is 1. The molecule has 30 heavy (non-hydrogen) atoms. The van der Waals surface area contributed by atoms with Gasteiger partial charge in [0.15, 0.2) is 6.10 Å². The number of benzene rings is 3. The van der Waals surface area contributed by atoms with E-state index in [0.717, 1.165) is 16.3 Å². The second-order valence-electron chi connectivity index (χ2n) is 7.03. The lowest BCUT2D eigenvalue weighted by Crippen LogP contribution is -2.37. The van der Waals surface area contributed by atoms with E-state index in [1.807, 2.05) is 43.3 Å². The Kier molecular flexibility index (Phi) is 5.61. The third kappa shape index (κ3) is 3.84. The molecule has 0 saturated heterocycles. The molecule has 0 aliphatic carbocycles. The van der Waals surface area contributed by atoms with Crippen molar-refractivity contribution in [3.05, 3.63) is 108 Å². The van der Waals surface area contributed by atoms with Gasteiger partial charge in [-0.3, -0.25) is 0 Å². The maximum absolute atomic E-state index is 16.6. The first-order valence-electron chi connectivity index (χ1n) is 9.42. The minimum atomic E-state index is -2.89. The molecule has 1 N–H and O–H groups in total. The molecule has 4 rings (SSSR count). The van der Waals surface area contributed by atoms with Gasteiger partial charge in [0.05, 0.1) is 0 Å². The van der Waals surface area contributed by atoms with Crippen LogP contribution < -0.4 is 4.74 Å². The predicted molar refractivity (Wildman–Crippen MR) is 116 cm³/mol. The molecule has 4 nitrogen and oxygen atoms in total. The Balaban J connectivity index is 1.88. The van der Waals surface area contributed by atoms with Crippen LogP contribution in [0, 0.1) is 6.92 Å². The van der Waals surface area contributed by atoms with Crippen LogP contribution in [0.4, 0.5) is 4.39 Å². The molecule has 1 unspecified atom stereocenters. The van der Waals surface area contributed by atoms with Crippen LogP contribution in [0.5, 0.6) is 5.88 Å². The van der Waals surface area contributed by atoms with Crippen LogP contribution in [0.3, 0.4) is 0 Å². The number of hydrogen-bond acceptors (Lipinski definition) is 3. The van der Waals surface area contributed by atoms with Crippen molar-refractivity contribution in [3.8, 4) is 5.88 Å². The largest absolute Gasteiger partial charge is 0.464 e. The molecule has 0 saturated carbocycles. The lowest BCUT2D eigenvalue weighted by Gasteiger charge is -2.31. The molecule has 3 aromatic carbocycles. The lowest BCUT2D eigenvalue weighted by molar-refractivity contribution is 0.0607. The van der Waals surface area contributed by atoms with E-state index in [1.165, 1.54) is 12.3 Å². The number of ether oxygens (including phenoxy) is 1. The number of hydrogen-bond donors (Lipinski definition) is 1. The average Bonchev–Trinajstić information content (AvgIpc) is 2.78. The number of aromatic nitrogens is 1. The van der Waals surface area contributed by atoms with Crippen LogP contribution in [-0.2, 0) is 16.1 Å². The Labute approximate surface area is 176 Å². The maximum Gasteiger partial charge on any atom is 0.275 e. The van der Waals surface area contributed by atoms with Gasteiger partial charge in [-0.2, -0.15) is 0 Å². The van der Waals surface area contributed by atoms with Gasteiger partial charge in [-0.15, -0.1) is 0 Å². The minimum Gasteiger partial charge on any atom is -0.464 e. The molecule has 0 spiro atoms. The summed E-state index contributed by atoms with van der Waals surface area (Å²) in [6.07, 6.45) is 0.132. The molecule has 0 radical (unpaired) electrons. The molecule has 0 aliphatic heterocycles. The first-order chi connectivity index (χ1) is 14.5. The highest BCUT2D eigenvalue weighted by Gasteiger charge is 2.50. The summed E-state index contributed by atoms with van der Waals surface area (Å²) in [5.74, 6) is 0.163. The van der Waals surface area contributed by atoms with Gasteiger partial charge < -0.3 is 9.29 Å². The smallest absolute Gasteiger partial charge is 0.275 e. The van der Waals surface area contributed by atoms with E-state index in [2.05, 4.69) is 4.98 Å². The van der Waals surface area contributed by atoms with E-state index in [0.29, 0.717) is 5.56 Å². The zero-order valence-electron chi connectivity index (χ0n) is 16.2. The Morgan fingerprint density at radius 3 is 2.33 bits per heavy atom. The SMILES string of the molecule is Cc1ccc([C@H](Oc2ccccn2)[C@](F)(c2ccc3ccccc3c2)S(=O)O)cc1. The van der Waals surface area contributed by atoms with E-state index in [-0.39, 0.29) is 11.4 Å². The lowest BCUT2D eigenvalue weighted by atomic mass is 9.96. The van der Waals surface area contributed by atoms with Crippen molar-refractivity contribution in [2.75, 3.05) is 0 Å². The second kappa shape index (κ2) is 8.34. The molecule has 0 bridgehead atoms. The van der Waals surface area contributed by atoms with Crippen molar-refractivity contribution in [1.82, 2.24) is 4.98 Å². The molecule has 3 atom stereocenters. The average molecular weight is 421 g/mol. The molecule has 0 aliphatic rings. The van der Waals surface area contributed by atoms with Gasteiger partial charge in [-0.05, 0) is 35.4 Å². The van der Waals surface area contributed by atoms with Gasteiger partial charge in [-0.25, -0.2) is 13.6 Å². The molecule has 1 aromatic heterocycles. The molecule has 1 heterocycles. The van der Waals surface area contributed by atoms with Crippen molar-refractivity contribution in [2.24, 2.45) is 0 Å². The van der Waals surface area contributed by atoms with Gasteiger partial charge >= 0.3 is 0 Å². The van der Waals surface area contributed by atoms with Gasteiger partial charge in [0.1, 0.15) is 0 Å². The maximum atomic E-state index is 16.6. The van der Waals surface area contributed by atoms with Crippen molar-refractivity contribution < 1.29 is 17.9 Å². The minimum absolute atomic E-state index is 0.0588. The zero-order chi connectivity index (χ0) is 21.1. The highest BCUT2D eigenvalue weighted by molar-refractivity contribution is 7.80. The van der Waals surface area contributed by atoms with Crippen LogP contribution in [-0.4, -0.2) is 13.7 Å². The van der Waals surface area contributed by atoms with Gasteiger partial charge in [-0.1, -0.05) is 72.3 Å². The van der Waals surface area contributed by atoms with Crippen molar-refractivity contribution in [2.45, 2.75) is 18.0 Å². The van der Waals surface area contributed by atoms with E-state index in [1.54, 1.807) is 42.5 Å². The highest BCUT2D eigenvalue weighted by atomic mass is 32.2. The first kappa shape index (κ1) is 20.2. The second-order valence-corrected chi connectivity index (χ2v) is 8.13. The molecule has 6 heteroatoms. The summed E-state index contributed by atoms with van der Waals surface area (Å²) in [7, 11) is 0. The molecular weight excluding hydrogens is 401 g/mol. The standard InChI is InChI=1S/C24H20FNO3S/c1-17-9-11-19(12-10-17)23(29-22-8-4-5-15-26-22)24(25,30(27)28)21-14-13-18-6-2-3-7-20(18)16-21/h2-16,23H,1H3,(H,27,28)/t23-,24-/m0/s1. The quantitative estimate of drug-likeness (QED) is 0.405. The van der Waals surface area contributed by atoms with Gasteiger partial charge in [0, 0.05) is 17.8 Å². The molecule has 0 fully saturated rings. The molecule has 152 valence electrons. The fourth-order valence-electron chi connectivity index (χ4n) is 3.38. The first-order valence-corrected chi connectivity index (χ1v) is 10.5. The topological polar surface area (TPSA) is 59.4 Å². The van der Waals surface area contributed by atoms with E-state index in [9.17, 15) is 8.76 Å².